The van der Waals surface area contributed by atoms with Crippen LogP contribution in [0.3, 0.4) is 0 Å². The molecule has 3 heteroatoms. The summed E-state index contributed by atoms with van der Waals surface area (Å²) in [4.78, 5) is 0. The van der Waals surface area contributed by atoms with Gasteiger partial charge in [-0.2, -0.15) is 0 Å². The molecule has 0 bridgehead atoms. The van der Waals surface area contributed by atoms with E-state index in [1.54, 1.807) is 0 Å². The molecule has 3 N–H and O–H groups in total. The van der Waals surface area contributed by atoms with Crippen molar-refractivity contribution in [2.24, 2.45) is 5.73 Å². The first kappa shape index (κ1) is 17.5. The number of unbranched alkanes of at least 4 members (excludes halogenated alkanes) is 1. The molecule has 1 aromatic rings. The number of benzene rings is 1. The first-order valence-corrected chi connectivity index (χ1v) is 8.73. The van der Waals surface area contributed by atoms with Crippen molar-refractivity contribution < 1.29 is 9.84 Å². The van der Waals surface area contributed by atoms with Gasteiger partial charge in [0, 0.05) is 18.8 Å². The molecule has 124 valence electrons. The van der Waals surface area contributed by atoms with Gasteiger partial charge in [0.25, 0.3) is 0 Å². The van der Waals surface area contributed by atoms with Crippen molar-refractivity contribution in [1.82, 2.24) is 0 Å². The molecule has 0 spiro atoms. The van der Waals surface area contributed by atoms with Crippen LogP contribution in [0, 0.1) is 0 Å². The maximum Gasteiger partial charge on any atom is 0.0611 e. The number of aryl methyl sites for hydroxylation is 1. The summed E-state index contributed by atoms with van der Waals surface area (Å²) in [6.07, 6.45) is 7.42. The molecule has 1 fully saturated rings. The predicted molar refractivity (Wildman–Crippen MR) is 91.1 cm³/mol. The Morgan fingerprint density at radius 2 is 1.95 bits per heavy atom. The predicted octanol–water partition coefficient (Wildman–Crippen LogP) is 3.39. The summed E-state index contributed by atoms with van der Waals surface area (Å²) in [5, 5.41) is 9.37. The molecule has 1 aliphatic rings. The average Bonchev–Trinajstić information content (AvgIpc) is 2.94. The fourth-order valence-corrected chi connectivity index (χ4v) is 3.27. The Kier molecular flexibility index (Phi) is 6.87. The topological polar surface area (TPSA) is 55.5 Å². The van der Waals surface area contributed by atoms with Crippen molar-refractivity contribution in [1.29, 1.82) is 0 Å². The molecule has 3 nitrogen and oxygen atoms in total. The lowest BCUT2D eigenvalue weighted by Gasteiger charge is -2.21. The summed E-state index contributed by atoms with van der Waals surface area (Å²) in [5.41, 5.74) is 8.55. The Hall–Kier alpha value is -0.900. The summed E-state index contributed by atoms with van der Waals surface area (Å²) in [5.74, 6) is 0.503. The standard InChI is InChI=1S/C19H31NO2/c1-2-3-12-22-13-4-5-16-6-8-17(9-7-16)18-10-11-19(20,14-18)15-21/h6-9,18,21H,2-5,10-15,20H2,1H3/t18-,19+/m1/s1. The van der Waals surface area contributed by atoms with Crippen LogP contribution in [0.5, 0.6) is 0 Å². The van der Waals surface area contributed by atoms with Crippen molar-refractivity contribution in [3.63, 3.8) is 0 Å². The molecule has 0 saturated heterocycles. The van der Waals surface area contributed by atoms with E-state index in [2.05, 4.69) is 31.2 Å². The summed E-state index contributed by atoms with van der Waals surface area (Å²) in [6, 6.07) is 8.94. The Morgan fingerprint density at radius 3 is 2.59 bits per heavy atom. The molecule has 0 aromatic heterocycles. The van der Waals surface area contributed by atoms with E-state index in [9.17, 15) is 5.11 Å². The highest BCUT2D eigenvalue weighted by Crippen LogP contribution is 2.39. The average molecular weight is 305 g/mol. The summed E-state index contributed by atoms with van der Waals surface area (Å²) in [6.45, 7) is 4.03. The lowest BCUT2D eigenvalue weighted by molar-refractivity contribution is 0.129. The molecule has 0 heterocycles. The van der Waals surface area contributed by atoms with Crippen LogP contribution in [0.4, 0.5) is 0 Å². The molecule has 0 radical (unpaired) electrons. The normalized spacial score (nSPS) is 24.8. The molecule has 0 aliphatic heterocycles. The van der Waals surface area contributed by atoms with Crippen LogP contribution in [0.25, 0.3) is 0 Å². The van der Waals surface area contributed by atoms with E-state index in [0.29, 0.717) is 5.92 Å². The van der Waals surface area contributed by atoms with E-state index in [1.165, 1.54) is 17.5 Å². The van der Waals surface area contributed by atoms with Crippen LogP contribution in [0.2, 0.25) is 0 Å². The van der Waals surface area contributed by atoms with E-state index < -0.39 is 0 Å². The lowest BCUT2D eigenvalue weighted by Crippen LogP contribution is -2.40. The third-order valence-corrected chi connectivity index (χ3v) is 4.81. The Bertz CT molecular complexity index is 432. The summed E-state index contributed by atoms with van der Waals surface area (Å²) in [7, 11) is 0. The number of ether oxygens (including phenoxy) is 1. The molecular formula is C19H31NO2. The Labute approximate surface area is 134 Å². The van der Waals surface area contributed by atoms with Gasteiger partial charge in [0.15, 0.2) is 0 Å². The number of aliphatic hydroxyl groups is 1. The number of aliphatic hydroxyl groups excluding tert-OH is 1. The van der Waals surface area contributed by atoms with Crippen molar-refractivity contribution in [2.75, 3.05) is 19.8 Å². The smallest absolute Gasteiger partial charge is 0.0611 e. The van der Waals surface area contributed by atoms with Crippen LogP contribution in [-0.4, -0.2) is 30.5 Å². The molecule has 2 atom stereocenters. The summed E-state index contributed by atoms with van der Waals surface area (Å²) >= 11 is 0. The highest BCUT2D eigenvalue weighted by atomic mass is 16.5. The third-order valence-electron chi connectivity index (χ3n) is 4.81. The van der Waals surface area contributed by atoms with E-state index in [0.717, 1.165) is 51.7 Å². The van der Waals surface area contributed by atoms with Crippen molar-refractivity contribution in [3.05, 3.63) is 35.4 Å². The van der Waals surface area contributed by atoms with Gasteiger partial charge in [-0.25, -0.2) is 0 Å². The minimum absolute atomic E-state index is 0.0968. The van der Waals surface area contributed by atoms with Gasteiger partial charge in [0.1, 0.15) is 0 Å². The van der Waals surface area contributed by atoms with E-state index in [1.807, 2.05) is 0 Å². The quantitative estimate of drug-likeness (QED) is 0.688. The van der Waals surface area contributed by atoms with Crippen LogP contribution in [-0.2, 0) is 11.2 Å². The molecule has 1 aliphatic carbocycles. The van der Waals surface area contributed by atoms with E-state index >= 15 is 0 Å². The highest BCUT2D eigenvalue weighted by molar-refractivity contribution is 5.27. The number of hydrogen-bond acceptors (Lipinski definition) is 3. The van der Waals surface area contributed by atoms with Crippen molar-refractivity contribution >= 4 is 0 Å². The molecule has 1 saturated carbocycles. The second-order valence-electron chi connectivity index (χ2n) is 6.77. The first-order chi connectivity index (χ1) is 10.7. The van der Waals surface area contributed by atoms with Gasteiger partial charge >= 0.3 is 0 Å². The Balaban J connectivity index is 1.74. The zero-order valence-corrected chi connectivity index (χ0v) is 13.9. The van der Waals surface area contributed by atoms with Crippen LogP contribution in [0.15, 0.2) is 24.3 Å². The molecule has 2 rings (SSSR count). The second-order valence-corrected chi connectivity index (χ2v) is 6.77. The Morgan fingerprint density at radius 1 is 1.23 bits per heavy atom. The monoisotopic (exact) mass is 305 g/mol. The molecule has 22 heavy (non-hydrogen) atoms. The van der Waals surface area contributed by atoms with Crippen molar-refractivity contribution in [2.45, 2.75) is 63.3 Å². The number of hydrogen-bond donors (Lipinski definition) is 2. The van der Waals surface area contributed by atoms with Crippen molar-refractivity contribution in [3.8, 4) is 0 Å². The fraction of sp³-hybridized carbons (Fsp3) is 0.684. The molecule has 0 amide bonds. The highest BCUT2D eigenvalue weighted by Gasteiger charge is 2.35. The maximum atomic E-state index is 9.37. The first-order valence-electron chi connectivity index (χ1n) is 8.73. The van der Waals surface area contributed by atoms with Gasteiger partial charge in [-0.1, -0.05) is 37.6 Å². The van der Waals surface area contributed by atoms with Gasteiger partial charge < -0.3 is 15.6 Å². The van der Waals surface area contributed by atoms with Gasteiger partial charge in [0.05, 0.1) is 6.61 Å². The van der Waals surface area contributed by atoms with Gasteiger partial charge in [-0.05, 0) is 55.6 Å². The van der Waals surface area contributed by atoms with E-state index in [4.69, 9.17) is 10.5 Å². The number of nitrogens with two attached hydrogens (primary N) is 1. The zero-order chi connectivity index (χ0) is 15.8. The lowest BCUT2D eigenvalue weighted by atomic mass is 9.93. The molecule has 1 aromatic carbocycles. The van der Waals surface area contributed by atoms with Crippen LogP contribution >= 0.6 is 0 Å². The van der Waals surface area contributed by atoms with Crippen LogP contribution in [0.1, 0.15) is 62.5 Å². The number of rotatable bonds is 9. The molecule has 0 unspecified atom stereocenters. The van der Waals surface area contributed by atoms with Crippen LogP contribution < -0.4 is 5.73 Å². The minimum atomic E-state index is -0.362. The second kappa shape index (κ2) is 8.66. The maximum absolute atomic E-state index is 9.37. The van der Waals surface area contributed by atoms with Gasteiger partial charge in [-0.15, -0.1) is 0 Å². The third kappa shape index (κ3) is 5.08. The van der Waals surface area contributed by atoms with Gasteiger partial charge in [-0.3, -0.25) is 0 Å². The summed E-state index contributed by atoms with van der Waals surface area (Å²) < 4.78 is 5.60. The van der Waals surface area contributed by atoms with E-state index in [-0.39, 0.29) is 12.1 Å². The largest absolute Gasteiger partial charge is 0.394 e. The fourth-order valence-electron chi connectivity index (χ4n) is 3.27. The molecular weight excluding hydrogens is 274 g/mol. The zero-order valence-electron chi connectivity index (χ0n) is 13.9. The SMILES string of the molecule is CCCCOCCCc1ccc([C@@H]2CC[C@@](N)(CO)C2)cc1. The van der Waals surface area contributed by atoms with Gasteiger partial charge in [0.2, 0.25) is 0 Å². The minimum Gasteiger partial charge on any atom is -0.394 e.